The Morgan fingerprint density at radius 2 is 2.16 bits per heavy atom. The molecule has 0 saturated heterocycles. The van der Waals surface area contributed by atoms with Crippen molar-refractivity contribution in [3.63, 3.8) is 0 Å². The van der Waals surface area contributed by atoms with E-state index in [1.165, 1.54) is 28.8 Å². The van der Waals surface area contributed by atoms with E-state index in [1.54, 1.807) is 11.3 Å². The lowest BCUT2D eigenvalue weighted by atomic mass is 10.1. The van der Waals surface area contributed by atoms with Crippen molar-refractivity contribution in [2.24, 2.45) is 0 Å². The van der Waals surface area contributed by atoms with Gasteiger partial charge in [0, 0.05) is 23.0 Å². The normalized spacial score (nSPS) is 14.6. The summed E-state index contributed by atoms with van der Waals surface area (Å²) in [6.07, 6.45) is 2.63. The number of aryl methyl sites for hydroxylation is 1. The van der Waals surface area contributed by atoms with Gasteiger partial charge in [0.1, 0.15) is 12.4 Å². The van der Waals surface area contributed by atoms with Crippen molar-refractivity contribution >= 4 is 11.3 Å². The van der Waals surface area contributed by atoms with Gasteiger partial charge in [0.25, 0.3) is 0 Å². The van der Waals surface area contributed by atoms with Crippen molar-refractivity contribution in [2.45, 2.75) is 39.0 Å². The molecule has 1 N–H and O–H groups in total. The van der Waals surface area contributed by atoms with Gasteiger partial charge in [0.15, 0.2) is 0 Å². The average Bonchev–Trinajstić information content (AvgIpc) is 3.10. The number of hydrogen-bond donors (Lipinski definition) is 1. The van der Waals surface area contributed by atoms with E-state index in [0.29, 0.717) is 6.61 Å². The van der Waals surface area contributed by atoms with Gasteiger partial charge in [-0.3, -0.25) is 0 Å². The van der Waals surface area contributed by atoms with Crippen molar-refractivity contribution in [3.05, 3.63) is 51.7 Å². The molecular weight excluding hydrogens is 254 g/mol. The van der Waals surface area contributed by atoms with E-state index in [1.807, 2.05) is 0 Å². The van der Waals surface area contributed by atoms with Gasteiger partial charge >= 0.3 is 0 Å². The van der Waals surface area contributed by atoms with Gasteiger partial charge in [0.05, 0.1) is 0 Å². The molecule has 1 fully saturated rings. The van der Waals surface area contributed by atoms with Crippen LogP contribution in [0.25, 0.3) is 0 Å². The van der Waals surface area contributed by atoms with E-state index in [-0.39, 0.29) is 0 Å². The zero-order valence-corrected chi connectivity index (χ0v) is 12.0. The Kier molecular flexibility index (Phi) is 3.85. The van der Waals surface area contributed by atoms with E-state index in [2.05, 4.69) is 48.0 Å². The number of para-hydroxylation sites is 1. The fourth-order valence-corrected chi connectivity index (χ4v) is 2.75. The highest BCUT2D eigenvalue weighted by Crippen LogP contribution is 2.27. The van der Waals surface area contributed by atoms with Gasteiger partial charge in [-0.25, -0.2) is 0 Å². The smallest absolute Gasteiger partial charge is 0.127 e. The SMILES string of the molecule is Cc1cccc(CNC2CC2)c1OCc1cccs1. The molecule has 2 aromatic rings. The zero-order valence-electron chi connectivity index (χ0n) is 11.2. The fourth-order valence-electron chi connectivity index (χ4n) is 2.14. The number of rotatable bonds is 6. The summed E-state index contributed by atoms with van der Waals surface area (Å²) in [6, 6.07) is 11.3. The highest BCUT2D eigenvalue weighted by Gasteiger charge is 2.20. The van der Waals surface area contributed by atoms with E-state index in [9.17, 15) is 0 Å². The molecule has 3 heteroatoms. The van der Waals surface area contributed by atoms with Gasteiger partial charge in [-0.2, -0.15) is 0 Å². The molecule has 1 aromatic heterocycles. The third kappa shape index (κ3) is 3.37. The second-order valence-corrected chi connectivity index (χ2v) is 6.12. The maximum Gasteiger partial charge on any atom is 0.127 e. The molecule has 0 spiro atoms. The van der Waals surface area contributed by atoms with E-state index in [4.69, 9.17) is 4.74 Å². The Balaban J connectivity index is 1.69. The van der Waals surface area contributed by atoms with Crippen LogP contribution in [0.4, 0.5) is 0 Å². The van der Waals surface area contributed by atoms with Crippen LogP contribution in [0.15, 0.2) is 35.7 Å². The largest absolute Gasteiger partial charge is 0.487 e. The zero-order chi connectivity index (χ0) is 13.1. The summed E-state index contributed by atoms with van der Waals surface area (Å²) in [4.78, 5) is 1.27. The quantitative estimate of drug-likeness (QED) is 0.862. The molecule has 1 saturated carbocycles. The van der Waals surface area contributed by atoms with Crippen LogP contribution in [0, 0.1) is 6.92 Å². The van der Waals surface area contributed by atoms with Crippen LogP contribution in [0.3, 0.4) is 0 Å². The van der Waals surface area contributed by atoms with Crippen LogP contribution in [-0.4, -0.2) is 6.04 Å². The van der Waals surface area contributed by atoms with Gasteiger partial charge in [-0.05, 0) is 36.8 Å². The summed E-state index contributed by atoms with van der Waals surface area (Å²) in [5.41, 5.74) is 2.48. The van der Waals surface area contributed by atoms with Crippen molar-refractivity contribution in [3.8, 4) is 5.75 Å². The highest BCUT2D eigenvalue weighted by atomic mass is 32.1. The lowest BCUT2D eigenvalue weighted by molar-refractivity contribution is 0.303. The molecular formula is C16H19NOS. The predicted molar refractivity (Wildman–Crippen MR) is 79.7 cm³/mol. The third-order valence-corrected chi connectivity index (χ3v) is 4.24. The van der Waals surface area contributed by atoms with Gasteiger partial charge in [-0.1, -0.05) is 24.3 Å². The second-order valence-electron chi connectivity index (χ2n) is 5.09. The number of ether oxygens (including phenoxy) is 1. The number of hydrogen-bond acceptors (Lipinski definition) is 3. The number of nitrogens with one attached hydrogen (secondary N) is 1. The second kappa shape index (κ2) is 5.76. The summed E-state index contributed by atoms with van der Waals surface area (Å²) in [6.45, 7) is 3.69. The Bertz CT molecular complexity index is 532. The van der Waals surface area contributed by atoms with Crippen LogP contribution >= 0.6 is 11.3 Å². The highest BCUT2D eigenvalue weighted by molar-refractivity contribution is 7.09. The molecule has 2 nitrogen and oxygen atoms in total. The fraction of sp³-hybridized carbons (Fsp3) is 0.375. The molecule has 0 unspecified atom stereocenters. The van der Waals surface area contributed by atoms with Gasteiger partial charge in [-0.15, -0.1) is 11.3 Å². The summed E-state index contributed by atoms with van der Waals surface area (Å²) in [5, 5.41) is 5.65. The lowest BCUT2D eigenvalue weighted by Crippen LogP contribution is -2.16. The maximum atomic E-state index is 6.04. The van der Waals surface area contributed by atoms with Crippen LogP contribution in [-0.2, 0) is 13.2 Å². The minimum atomic E-state index is 0.666. The van der Waals surface area contributed by atoms with E-state index < -0.39 is 0 Å². The molecule has 1 heterocycles. The minimum Gasteiger partial charge on any atom is -0.487 e. The van der Waals surface area contributed by atoms with Crippen LogP contribution < -0.4 is 10.1 Å². The van der Waals surface area contributed by atoms with Crippen LogP contribution in [0.5, 0.6) is 5.75 Å². The van der Waals surface area contributed by atoms with Gasteiger partial charge < -0.3 is 10.1 Å². The number of benzene rings is 1. The minimum absolute atomic E-state index is 0.666. The number of thiophene rings is 1. The molecule has 100 valence electrons. The monoisotopic (exact) mass is 273 g/mol. The van der Waals surface area contributed by atoms with Crippen molar-refractivity contribution in [1.82, 2.24) is 5.32 Å². The molecule has 0 atom stereocenters. The summed E-state index contributed by atoms with van der Waals surface area (Å²) >= 11 is 1.74. The molecule has 1 aliphatic rings. The molecule has 0 amide bonds. The third-order valence-electron chi connectivity index (χ3n) is 3.39. The standard InChI is InChI=1S/C16H19NOS/c1-12-4-2-5-13(10-17-14-7-8-14)16(12)18-11-15-6-3-9-19-15/h2-6,9,14,17H,7-8,10-11H2,1H3. The Labute approximate surface area is 118 Å². The van der Waals surface area contributed by atoms with E-state index in [0.717, 1.165) is 18.3 Å². The molecule has 1 aliphatic carbocycles. The molecule has 0 radical (unpaired) electrons. The van der Waals surface area contributed by atoms with E-state index >= 15 is 0 Å². The Morgan fingerprint density at radius 3 is 2.89 bits per heavy atom. The topological polar surface area (TPSA) is 21.3 Å². The molecule has 1 aromatic carbocycles. The lowest BCUT2D eigenvalue weighted by Gasteiger charge is -2.14. The van der Waals surface area contributed by atoms with Crippen molar-refractivity contribution in [1.29, 1.82) is 0 Å². The molecule has 0 aliphatic heterocycles. The first kappa shape index (κ1) is 12.7. The molecule has 3 rings (SSSR count). The summed E-state index contributed by atoms with van der Waals surface area (Å²) in [7, 11) is 0. The van der Waals surface area contributed by atoms with Gasteiger partial charge in [0.2, 0.25) is 0 Å². The van der Waals surface area contributed by atoms with Crippen molar-refractivity contribution < 1.29 is 4.74 Å². The first-order valence-electron chi connectivity index (χ1n) is 6.80. The molecule has 0 bridgehead atoms. The maximum absolute atomic E-state index is 6.04. The first-order chi connectivity index (χ1) is 9.33. The predicted octanol–water partition coefficient (Wildman–Crippen LogP) is 3.89. The van der Waals surface area contributed by atoms with Crippen molar-refractivity contribution in [2.75, 3.05) is 0 Å². The Hall–Kier alpha value is -1.32. The Morgan fingerprint density at radius 1 is 1.26 bits per heavy atom. The summed E-state index contributed by atoms with van der Waals surface area (Å²) in [5.74, 6) is 1.05. The van der Waals surface area contributed by atoms with Crippen LogP contribution in [0.2, 0.25) is 0 Å². The summed E-state index contributed by atoms with van der Waals surface area (Å²) < 4.78 is 6.04. The molecule has 19 heavy (non-hydrogen) atoms. The first-order valence-corrected chi connectivity index (χ1v) is 7.68. The van der Waals surface area contributed by atoms with Crippen LogP contribution in [0.1, 0.15) is 28.8 Å². The average molecular weight is 273 g/mol.